The summed E-state index contributed by atoms with van der Waals surface area (Å²) in [5.41, 5.74) is 6.72. The molecule has 0 aliphatic carbocycles. The largest absolute Gasteiger partial charge is 0.387 e. The van der Waals surface area contributed by atoms with Gasteiger partial charge in [0.1, 0.15) is 4.99 Å². The van der Waals surface area contributed by atoms with Crippen molar-refractivity contribution >= 4 is 17.2 Å². The molecule has 1 aromatic heterocycles. The summed E-state index contributed by atoms with van der Waals surface area (Å²) in [6.45, 7) is 3.03. The van der Waals surface area contributed by atoms with Crippen LogP contribution in [0.4, 0.5) is 8.78 Å². The maximum Gasteiger partial charge on any atom is 0.256 e. The maximum absolute atomic E-state index is 12.2. The van der Waals surface area contributed by atoms with E-state index in [0.717, 1.165) is 0 Å². The molecule has 0 aliphatic heterocycles. The maximum atomic E-state index is 12.2. The lowest BCUT2D eigenvalue weighted by atomic mass is 10.4. The van der Waals surface area contributed by atoms with Gasteiger partial charge in [0.2, 0.25) is 0 Å². The molecule has 0 aromatic carbocycles. The molecule has 0 spiro atoms. The minimum absolute atomic E-state index is 0.0434. The second-order valence-electron chi connectivity index (χ2n) is 2.97. The molecular formula is C8H11F2N3S. The second-order valence-corrected chi connectivity index (χ2v) is 3.41. The molecule has 0 fully saturated rings. The molecule has 0 amide bonds. The van der Waals surface area contributed by atoms with E-state index in [0.29, 0.717) is 11.4 Å². The molecule has 2 N–H and O–H groups in total. The van der Waals surface area contributed by atoms with Gasteiger partial charge < -0.3 is 10.3 Å². The number of rotatable bonds is 3. The van der Waals surface area contributed by atoms with Crippen LogP contribution >= 0.6 is 12.2 Å². The van der Waals surface area contributed by atoms with Gasteiger partial charge in [0.25, 0.3) is 6.43 Å². The normalized spacial score (nSPS) is 10.9. The number of thiocarbonyl (C=S) groups is 1. The molecule has 1 rings (SSSR count). The molecule has 78 valence electrons. The molecule has 0 radical (unpaired) electrons. The highest BCUT2D eigenvalue weighted by molar-refractivity contribution is 7.80. The molecule has 0 unspecified atom stereocenters. The van der Waals surface area contributed by atoms with Crippen LogP contribution in [0.15, 0.2) is 0 Å². The van der Waals surface area contributed by atoms with E-state index in [1.807, 2.05) is 0 Å². The lowest BCUT2D eigenvalue weighted by Gasteiger charge is -2.07. The quantitative estimate of drug-likeness (QED) is 0.781. The van der Waals surface area contributed by atoms with Crippen molar-refractivity contribution in [3.63, 3.8) is 0 Å². The molecule has 0 atom stereocenters. The Morgan fingerprint density at radius 2 is 2.14 bits per heavy atom. The Morgan fingerprint density at radius 1 is 1.57 bits per heavy atom. The number of halogens is 2. The topological polar surface area (TPSA) is 43.8 Å². The Hall–Kier alpha value is -1.04. The number of nitrogens with two attached hydrogens (primary N) is 1. The van der Waals surface area contributed by atoms with E-state index in [4.69, 9.17) is 18.0 Å². The fraction of sp³-hybridized carbons (Fsp3) is 0.500. The molecule has 1 heterocycles. The molecular weight excluding hydrogens is 208 g/mol. The van der Waals surface area contributed by atoms with E-state index in [9.17, 15) is 8.78 Å². The number of aryl methyl sites for hydroxylation is 1. The number of alkyl halides is 2. The summed E-state index contributed by atoms with van der Waals surface area (Å²) >= 11 is 4.72. The monoisotopic (exact) mass is 219 g/mol. The third kappa shape index (κ3) is 2.06. The molecule has 6 heteroatoms. The van der Waals surface area contributed by atoms with E-state index < -0.39 is 13.0 Å². The van der Waals surface area contributed by atoms with Crippen LogP contribution in [-0.4, -0.2) is 21.0 Å². The number of hydrogen-bond donors (Lipinski definition) is 1. The number of aromatic nitrogens is 2. The predicted molar refractivity (Wildman–Crippen MR) is 53.6 cm³/mol. The zero-order valence-electron chi connectivity index (χ0n) is 7.92. The summed E-state index contributed by atoms with van der Waals surface area (Å²) in [6.07, 6.45) is -2.43. The third-order valence-electron chi connectivity index (χ3n) is 2.00. The molecule has 0 saturated heterocycles. The lowest BCUT2D eigenvalue weighted by molar-refractivity contribution is 0.125. The summed E-state index contributed by atoms with van der Waals surface area (Å²) in [6, 6.07) is 0. The van der Waals surface area contributed by atoms with Gasteiger partial charge in [0, 0.05) is 5.69 Å². The third-order valence-corrected chi connectivity index (χ3v) is 2.18. The Balaban J connectivity index is 3.16. The summed E-state index contributed by atoms with van der Waals surface area (Å²) in [5.74, 6) is 0.260. The van der Waals surface area contributed by atoms with Gasteiger partial charge >= 0.3 is 0 Å². The summed E-state index contributed by atoms with van der Waals surface area (Å²) < 4.78 is 25.8. The van der Waals surface area contributed by atoms with Crippen LogP contribution in [0, 0.1) is 13.8 Å². The number of nitrogens with zero attached hydrogens (tertiary/aromatic N) is 2. The Bertz CT molecular complexity index is 360. The van der Waals surface area contributed by atoms with Crippen molar-refractivity contribution in [3.05, 3.63) is 17.2 Å². The highest BCUT2D eigenvalue weighted by Gasteiger charge is 2.16. The van der Waals surface area contributed by atoms with Crippen molar-refractivity contribution in [2.24, 2.45) is 5.73 Å². The van der Waals surface area contributed by atoms with Gasteiger partial charge in [-0.3, -0.25) is 0 Å². The van der Waals surface area contributed by atoms with Crippen LogP contribution in [-0.2, 0) is 6.54 Å². The first-order valence-corrected chi connectivity index (χ1v) is 4.46. The molecule has 0 saturated carbocycles. The van der Waals surface area contributed by atoms with E-state index in [2.05, 4.69) is 4.98 Å². The van der Waals surface area contributed by atoms with Gasteiger partial charge in [-0.15, -0.1) is 0 Å². The van der Waals surface area contributed by atoms with Gasteiger partial charge in [0.15, 0.2) is 5.82 Å². The molecule has 14 heavy (non-hydrogen) atoms. The Kier molecular flexibility index (Phi) is 3.15. The van der Waals surface area contributed by atoms with Gasteiger partial charge in [-0.2, -0.15) is 0 Å². The minimum Gasteiger partial charge on any atom is -0.387 e. The van der Waals surface area contributed by atoms with Crippen molar-refractivity contribution < 1.29 is 8.78 Å². The van der Waals surface area contributed by atoms with Crippen molar-refractivity contribution in [1.29, 1.82) is 0 Å². The predicted octanol–water partition coefficient (Wildman–Crippen LogP) is 1.40. The fourth-order valence-corrected chi connectivity index (χ4v) is 1.36. The minimum atomic E-state index is -2.43. The smallest absolute Gasteiger partial charge is 0.256 e. The first kappa shape index (κ1) is 11.0. The van der Waals surface area contributed by atoms with E-state index >= 15 is 0 Å². The van der Waals surface area contributed by atoms with E-state index in [-0.39, 0.29) is 10.8 Å². The van der Waals surface area contributed by atoms with Crippen LogP contribution < -0.4 is 5.73 Å². The number of imidazole rings is 1. The van der Waals surface area contributed by atoms with E-state index in [1.165, 1.54) is 4.57 Å². The van der Waals surface area contributed by atoms with Gasteiger partial charge in [-0.05, 0) is 13.8 Å². The first-order valence-electron chi connectivity index (χ1n) is 4.05. The molecule has 3 nitrogen and oxygen atoms in total. The average Bonchev–Trinajstić information content (AvgIpc) is 2.32. The van der Waals surface area contributed by atoms with Gasteiger partial charge in [-0.25, -0.2) is 13.8 Å². The summed E-state index contributed by atoms with van der Waals surface area (Å²) in [4.78, 5) is 4.07. The standard InChI is InChI=1S/C8H11F2N3S/c1-4-5(2)13(3-6(9)10)8(12-4)7(11)14/h6H,3H2,1-2H3,(H2,11,14). The molecule has 0 aliphatic rings. The lowest BCUT2D eigenvalue weighted by Crippen LogP contribution is -2.20. The van der Waals surface area contributed by atoms with Gasteiger partial charge in [0.05, 0.1) is 12.2 Å². The second kappa shape index (κ2) is 4.00. The summed E-state index contributed by atoms with van der Waals surface area (Å²) in [7, 11) is 0. The van der Waals surface area contributed by atoms with Crippen molar-refractivity contribution in [3.8, 4) is 0 Å². The van der Waals surface area contributed by atoms with Crippen LogP contribution in [0.25, 0.3) is 0 Å². The van der Waals surface area contributed by atoms with Crippen molar-refractivity contribution in [2.75, 3.05) is 0 Å². The fourth-order valence-electron chi connectivity index (χ4n) is 1.20. The molecule has 1 aromatic rings. The molecule has 0 bridgehead atoms. The van der Waals surface area contributed by atoms with Crippen LogP contribution in [0.2, 0.25) is 0 Å². The van der Waals surface area contributed by atoms with Crippen molar-refractivity contribution in [2.45, 2.75) is 26.8 Å². The average molecular weight is 219 g/mol. The summed E-state index contributed by atoms with van der Waals surface area (Å²) in [5, 5.41) is 0. The zero-order chi connectivity index (χ0) is 10.9. The van der Waals surface area contributed by atoms with Gasteiger partial charge in [-0.1, -0.05) is 12.2 Å². The van der Waals surface area contributed by atoms with E-state index in [1.54, 1.807) is 13.8 Å². The first-order chi connectivity index (χ1) is 6.43. The number of hydrogen-bond acceptors (Lipinski definition) is 2. The Morgan fingerprint density at radius 3 is 2.57 bits per heavy atom. The van der Waals surface area contributed by atoms with Crippen molar-refractivity contribution in [1.82, 2.24) is 9.55 Å². The highest BCUT2D eigenvalue weighted by atomic mass is 32.1. The zero-order valence-corrected chi connectivity index (χ0v) is 8.74. The van der Waals surface area contributed by atoms with Crippen LogP contribution in [0.3, 0.4) is 0 Å². The highest BCUT2D eigenvalue weighted by Crippen LogP contribution is 2.12. The van der Waals surface area contributed by atoms with Crippen LogP contribution in [0.5, 0.6) is 0 Å². The van der Waals surface area contributed by atoms with Crippen LogP contribution in [0.1, 0.15) is 17.2 Å². The SMILES string of the molecule is Cc1nc(C(N)=S)n(CC(F)F)c1C. The Labute approximate surface area is 85.9 Å².